The molecule has 0 aliphatic rings. The van der Waals surface area contributed by atoms with Gasteiger partial charge in [-0.15, -0.1) is 24.0 Å². The van der Waals surface area contributed by atoms with E-state index in [1.54, 1.807) is 0 Å². The maximum absolute atomic E-state index is 12.1. The van der Waals surface area contributed by atoms with Gasteiger partial charge >= 0.3 is 6.18 Å². The molecule has 0 aliphatic carbocycles. The molecule has 0 amide bonds. The highest BCUT2D eigenvalue weighted by molar-refractivity contribution is 14.0. The van der Waals surface area contributed by atoms with Crippen LogP contribution >= 0.6 is 24.0 Å². The molecule has 8 heteroatoms. The van der Waals surface area contributed by atoms with Gasteiger partial charge in [-0.3, -0.25) is 4.99 Å². The molecule has 0 radical (unpaired) electrons. The van der Waals surface area contributed by atoms with Crippen molar-refractivity contribution in [2.45, 2.75) is 25.9 Å². The Morgan fingerprint density at radius 3 is 2.58 bits per heavy atom. The van der Waals surface area contributed by atoms with Gasteiger partial charge in [0.25, 0.3) is 0 Å². The molecule has 0 atom stereocenters. The maximum Gasteiger partial charge on any atom is 0.390 e. The Balaban J connectivity index is 0.00000288. The highest BCUT2D eigenvalue weighted by atomic mass is 127. The molecule has 3 N–H and O–H groups in total. The average molecular weight is 454 g/mol. The van der Waals surface area contributed by atoms with Crippen molar-refractivity contribution in [2.75, 3.05) is 20.1 Å². The molecule has 1 heterocycles. The fraction of sp³-hybridized carbons (Fsp3) is 0.438. The molecule has 0 unspecified atom stereocenters. The highest BCUT2D eigenvalue weighted by Crippen LogP contribution is 2.20. The van der Waals surface area contributed by atoms with E-state index in [9.17, 15) is 13.2 Å². The molecule has 0 bridgehead atoms. The summed E-state index contributed by atoms with van der Waals surface area (Å²) in [6.45, 7) is 2.44. The van der Waals surface area contributed by atoms with Crippen molar-refractivity contribution in [2.24, 2.45) is 4.99 Å². The second-order valence-corrected chi connectivity index (χ2v) is 5.40. The van der Waals surface area contributed by atoms with Crippen LogP contribution in [0.1, 0.15) is 17.5 Å². The van der Waals surface area contributed by atoms with E-state index in [-0.39, 0.29) is 30.5 Å². The van der Waals surface area contributed by atoms with Gasteiger partial charge in [0.1, 0.15) is 0 Å². The van der Waals surface area contributed by atoms with Crippen LogP contribution in [0.25, 0.3) is 10.9 Å². The first kappa shape index (κ1) is 20.6. The van der Waals surface area contributed by atoms with Gasteiger partial charge in [0.15, 0.2) is 5.96 Å². The van der Waals surface area contributed by atoms with E-state index in [0.29, 0.717) is 12.5 Å². The molecule has 0 spiro atoms. The summed E-state index contributed by atoms with van der Waals surface area (Å²) in [4.78, 5) is 7.15. The summed E-state index contributed by atoms with van der Waals surface area (Å²) in [6.07, 6.45) is -2.32. The summed E-state index contributed by atoms with van der Waals surface area (Å²) in [6, 6.07) is 6.22. The van der Waals surface area contributed by atoms with Gasteiger partial charge in [0.2, 0.25) is 0 Å². The largest absolute Gasteiger partial charge is 0.390 e. The summed E-state index contributed by atoms with van der Waals surface area (Å²) in [5.74, 6) is 0.380. The molecule has 4 nitrogen and oxygen atoms in total. The molecule has 2 aromatic rings. The molecule has 0 fully saturated rings. The first-order valence-electron chi connectivity index (χ1n) is 7.47. The average Bonchev–Trinajstić information content (AvgIpc) is 2.86. The lowest BCUT2D eigenvalue weighted by atomic mass is 10.1. The van der Waals surface area contributed by atoms with Gasteiger partial charge in [-0.05, 0) is 30.5 Å². The number of rotatable bonds is 5. The van der Waals surface area contributed by atoms with Crippen molar-refractivity contribution in [1.82, 2.24) is 15.6 Å². The molecule has 0 saturated heterocycles. The molecule has 0 aliphatic heterocycles. The number of H-pyrrole nitrogens is 1. The topological polar surface area (TPSA) is 52.2 Å². The minimum absolute atomic E-state index is 0. The molecule has 134 valence electrons. The van der Waals surface area contributed by atoms with E-state index in [1.807, 2.05) is 13.1 Å². The number of hydrogen-bond donors (Lipinski definition) is 3. The number of nitrogens with zero attached hydrogens (tertiary/aromatic N) is 1. The third-order valence-corrected chi connectivity index (χ3v) is 3.53. The summed E-state index contributed by atoms with van der Waals surface area (Å²) in [5, 5.41) is 6.85. The lowest BCUT2D eigenvalue weighted by Crippen LogP contribution is -2.39. The van der Waals surface area contributed by atoms with Gasteiger partial charge in [-0.1, -0.05) is 12.1 Å². The van der Waals surface area contributed by atoms with E-state index in [0.717, 1.165) is 17.3 Å². The van der Waals surface area contributed by atoms with Crippen LogP contribution in [-0.4, -0.2) is 37.3 Å². The third kappa shape index (κ3) is 6.21. The van der Waals surface area contributed by atoms with Gasteiger partial charge < -0.3 is 15.6 Å². The predicted molar refractivity (Wildman–Crippen MR) is 102 cm³/mol. The molecule has 2 rings (SSSR count). The lowest BCUT2D eigenvalue weighted by molar-refractivity contribution is -0.132. The smallest absolute Gasteiger partial charge is 0.361 e. The number of nitrogens with one attached hydrogen (secondary N) is 3. The standard InChI is InChI=1S/C16H21F3N4.HI/c1-11-3-4-13-12(10-23-14(13)9-11)5-7-21-15(20-2)22-8-6-16(17,18)19;/h3-4,9-10,23H,5-8H2,1-2H3,(H2,20,21,22);1H. The summed E-state index contributed by atoms with van der Waals surface area (Å²) in [7, 11) is 1.54. The molecule has 0 saturated carbocycles. The van der Waals surface area contributed by atoms with Crippen LogP contribution in [-0.2, 0) is 6.42 Å². The van der Waals surface area contributed by atoms with Crippen LogP contribution in [0, 0.1) is 6.92 Å². The van der Waals surface area contributed by atoms with Crippen molar-refractivity contribution in [3.63, 3.8) is 0 Å². The summed E-state index contributed by atoms with van der Waals surface area (Å²) < 4.78 is 36.4. The van der Waals surface area contributed by atoms with Crippen molar-refractivity contribution >= 4 is 40.8 Å². The first-order valence-corrected chi connectivity index (χ1v) is 7.47. The summed E-state index contributed by atoms with van der Waals surface area (Å²) >= 11 is 0. The van der Waals surface area contributed by atoms with Gasteiger partial charge in [-0.2, -0.15) is 13.2 Å². The monoisotopic (exact) mass is 454 g/mol. The van der Waals surface area contributed by atoms with E-state index in [4.69, 9.17) is 0 Å². The highest BCUT2D eigenvalue weighted by Gasteiger charge is 2.26. The number of alkyl halides is 3. The fourth-order valence-corrected chi connectivity index (χ4v) is 2.37. The lowest BCUT2D eigenvalue weighted by Gasteiger charge is -2.12. The fourth-order valence-electron chi connectivity index (χ4n) is 2.37. The van der Waals surface area contributed by atoms with Crippen molar-refractivity contribution in [3.05, 3.63) is 35.5 Å². The zero-order valence-electron chi connectivity index (χ0n) is 13.6. The first-order chi connectivity index (χ1) is 10.9. The van der Waals surface area contributed by atoms with Crippen molar-refractivity contribution < 1.29 is 13.2 Å². The number of aromatic amines is 1. The normalized spacial score (nSPS) is 12.1. The van der Waals surface area contributed by atoms with Crippen LogP contribution in [0.5, 0.6) is 0 Å². The van der Waals surface area contributed by atoms with Crippen LogP contribution < -0.4 is 10.6 Å². The van der Waals surface area contributed by atoms with E-state index in [2.05, 4.69) is 38.8 Å². The third-order valence-electron chi connectivity index (χ3n) is 3.53. The Bertz CT molecular complexity index is 680. The maximum atomic E-state index is 12.1. The van der Waals surface area contributed by atoms with E-state index < -0.39 is 12.6 Å². The molecule has 24 heavy (non-hydrogen) atoms. The Labute approximate surface area is 156 Å². The second kappa shape index (κ2) is 9.14. The van der Waals surface area contributed by atoms with Crippen molar-refractivity contribution in [1.29, 1.82) is 0 Å². The number of aryl methyl sites for hydroxylation is 1. The molecule has 1 aromatic heterocycles. The number of fused-ring (bicyclic) bond motifs is 1. The number of guanidine groups is 1. The minimum atomic E-state index is -4.16. The Morgan fingerprint density at radius 1 is 1.21 bits per heavy atom. The van der Waals surface area contributed by atoms with Crippen molar-refractivity contribution in [3.8, 4) is 0 Å². The number of aromatic nitrogens is 1. The molecular formula is C16H22F3IN4. The van der Waals surface area contributed by atoms with Gasteiger partial charge in [0.05, 0.1) is 6.42 Å². The second-order valence-electron chi connectivity index (χ2n) is 5.40. The molecule has 1 aromatic carbocycles. The quantitative estimate of drug-likeness (QED) is 0.366. The number of halogens is 4. The van der Waals surface area contributed by atoms with Crippen LogP contribution in [0.2, 0.25) is 0 Å². The van der Waals surface area contributed by atoms with E-state index >= 15 is 0 Å². The van der Waals surface area contributed by atoms with Crippen LogP contribution in [0.3, 0.4) is 0 Å². The zero-order chi connectivity index (χ0) is 16.9. The predicted octanol–water partition coefficient (Wildman–Crippen LogP) is 3.75. The zero-order valence-corrected chi connectivity index (χ0v) is 16.0. The van der Waals surface area contributed by atoms with Crippen LogP contribution in [0.4, 0.5) is 13.2 Å². The van der Waals surface area contributed by atoms with Gasteiger partial charge in [-0.25, -0.2) is 0 Å². The Morgan fingerprint density at radius 2 is 1.92 bits per heavy atom. The van der Waals surface area contributed by atoms with Gasteiger partial charge in [0, 0.05) is 37.2 Å². The van der Waals surface area contributed by atoms with Crippen LogP contribution in [0.15, 0.2) is 29.4 Å². The van der Waals surface area contributed by atoms with E-state index in [1.165, 1.54) is 18.2 Å². The summed E-state index contributed by atoms with van der Waals surface area (Å²) in [5.41, 5.74) is 3.45. The minimum Gasteiger partial charge on any atom is -0.361 e. The SMILES string of the molecule is CN=C(NCCc1c[nH]c2cc(C)ccc12)NCCC(F)(F)F.I. The number of hydrogen-bond acceptors (Lipinski definition) is 1. The number of benzene rings is 1. The Kier molecular flexibility index (Phi) is 7.85. The Hall–Kier alpha value is -1.45. The molecular weight excluding hydrogens is 432 g/mol. The number of aliphatic imine (C=N–C) groups is 1.